The molecule has 1 amide bonds. The number of hydrogen-bond donors (Lipinski definition) is 0. The summed E-state index contributed by atoms with van der Waals surface area (Å²) >= 11 is 1.53. The van der Waals surface area contributed by atoms with E-state index in [1.807, 2.05) is 6.07 Å². The fourth-order valence-corrected chi connectivity index (χ4v) is 5.61. The minimum absolute atomic E-state index is 0.101. The van der Waals surface area contributed by atoms with E-state index in [1.54, 1.807) is 12.1 Å². The van der Waals surface area contributed by atoms with Gasteiger partial charge >= 0.3 is 0 Å². The Morgan fingerprint density at radius 3 is 2.48 bits per heavy atom. The molecular weight excluding hydrogens is 411 g/mol. The molecule has 2 aliphatic heterocycles. The number of fused-ring (bicyclic) bond motifs is 1. The monoisotopic (exact) mass is 438 g/mol. The molecule has 0 saturated carbocycles. The van der Waals surface area contributed by atoms with Crippen LogP contribution in [0.1, 0.15) is 18.4 Å². The van der Waals surface area contributed by atoms with Crippen molar-refractivity contribution in [3.05, 3.63) is 59.9 Å². The molecule has 3 aromatic rings. The van der Waals surface area contributed by atoms with Gasteiger partial charge in [-0.1, -0.05) is 41.7 Å². The molecule has 1 aromatic heterocycles. The van der Waals surface area contributed by atoms with E-state index in [0.717, 1.165) is 74.0 Å². The van der Waals surface area contributed by atoms with Crippen LogP contribution >= 0.6 is 11.3 Å². The van der Waals surface area contributed by atoms with Gasteiger partial charge in [-0.2, -0.15) is 0 Å². The predicted molar refractivity (Wildman–Crippen MR) is 123 cm³/mol. The molecule has 31 heavy (non-hydrogen) atoms. The Morgan fingerprint density at radius 2 is 1.74 bits per heavy atom. The lowest BCUT2D eigenvalue weighted by molar-refractivity contribution is -0.138. The number of carbonyl (C=O) groups excluding carboxylic acids is 1. The third-order valence-electron chi connectivity index (χ3n) is 6.39. The third kappa shape index (κ3) is 4.57. The number of anilines is 1. The molecule has 7 heteroatoms. The summed E-state index contributed by atoms with van der Waals surface area (Å²) in [5.74, 6) is 0.185. The van der Waals surface area contributed by atoms with E-state index in [-0.39, 0.29) is 11.7 Å². The summed E-state index contributed by atoms with van der Waals surface area (Å²) in [7, 11) is 0. The zero-order valence-electron chi connectivity index (χ0n) is 17.5. The number of piperidine rings is 1. The van der Waals surface area contributed by atoms with Gasteiger partial charge in [-0.25, -0.2) is 9.37 Å². The second kappa shape index (κ2) is 8.93. The molecule has 2 aromatic carbocycles. The van der Waals surface area contributed by atoms with Crippen molar-refractivity contribution in [3.63, 3.8) is 0 Å². The van der Waals surface area contributed by atoms with Crippen molar-refractivity contribution in [1.29, 1.82) is 0 Å². The average molecular weight is 439 g/mol. The van der Waals surface area contributed by atoms with E-state index in [2.05, 4.69) is 43.9 Å². The van der Waals surface area contributed by atoms with Crippen LogP contribution in [0, 0.1) is 11.7 Å². The van der Waals surface area contributed by atoms with Crippen LogP contribution in [0.3, 0.4) is 0 Å². The SMILES string of the molecule is O=C(C1CCN(c2nc3ccc(F)cc3s2)CC1)N1CCN(Cc2ccccc2)CC1. The number of rotatable bonds is 4. The molecule has 2 aliphatic rings. The van der Waals surface area contributed by atoms with Gasteiger partial charge < -0.3 is 9.80 Å². The first-order valence-electron chi connectivity index (χ1n) is 11.0. The van der Waals surface area contributed by atoms with Gasteiger partial charge in [0.05, 0.1) is 10.2 Å². The molecule has 0 bridgehead atoms. The van der Waals surface area contributed by atoms with Gasteiger partial charge in [0.15, 0.2) is 5.13 Å². The van der Waals surface area contributed by atoms with Gasteiger partial charge in [-0.05, 0) is 36.6 Å². The second-order valence-electron chi connectivity index (χ2n) is 8.46. The highest BCUT2D eigenvalue weighted by Crippen LogP contribution is 2.32. The number of aromatic nitrogens is 1. The van der Waals surface area contributed by atoms with Crippen LogP contribution in [0.2, 0.25) is 0 Å². The summed E-state index contributed by atoms with van der Waals surface area (Å²) in [5.41, 5.74) is 2.17. The molecule has 0 N–H and O–H groups in total. The van der Waals surface area contributed by atoms with Crippen LogP contribution in [-0.2, 0) is 11.3 Å². The molecule has 0 aliphatic carbocycles. The van der Waals surface area contributed by atoms with E-state index < -0.39 is 0 Å². The highest BCUT2D eigenvalue weighted by molar-refractivity contribution is 7.22. The number of thiazole rings is 1. The van der Waals surface area contributed by atoms with E-state index in [1.165, 1.54) is 23.0 Å². The van der Waals surface area contributed by atoms with Crippen LogP contribution in [0.15, 0.2) is 48.5 Å². The van der Waals surface area contributed by atoms with Crippen LogP contribution in [0.25, 0.3) is 10.2 Å². The van der Waals surface area contributed by atoms with Gasteiger partial charge in [0, 0.05) is 51.7 Å². The molecule has 0 spiro atoms. The summed E-state index contributed by atoms with van der Waals surface area (Å²) in [5, 5.41) is 0.932. The average Bonchev–Trinajstić information content (AvgIpc) is 3.23. The van der Waals surface area contributed by atoms with Gasteiger partial charge in [-0.15, -0.1) is 0 Å². The summed E-state index contributed by atoms with van der Waals surface area (Å²) in [6, 6.07) is 15.3. The Bertz CT molecular complexity index is 1040. The number of carbonyl (C=O) groups is 1. The van der Waals surface area contributed by atoms with E-state index in [4.69, 9.17) is 0 Å². The van der Waals surface area contributed by atoms with Gasteiger partial charge in [-0.3, -0.25) is 9.69 Å². The lowest BCUT2D eigenvalue weighted by Gasteiger charge is -2.38. The zero-order valence-corrected chi connectivity index (χ0v) is 18.4. The fraction of sp³-hybridized carbons (Fsp3) is 0.417. The predicted octanol–water partition coefficient (Wildman–Crippen LogP) is 4.00. The topological polar surface area (TPSA) is 39.7 Å². The minimum atomic E-state index is -0.226. The first kappa shape index (κ1) is 20.4. The molecule has 5 rings (SSSR count). The number of piperazine rings is 1. The minimum Gasteiger partial charge on any atom is -0.348 e. The molecule has 2 fully saturated rings. The number of benzene rings is 2. The van der Waals surface area contributed by atoms with Crippen molar-refractivity contribution < 1.29 is 9.18 Å². The normalized spacial score (nSPS) is 18.6. The molecule has 5 nitrogen and oxygen atoms in total. The van der Waals surface area contributed by atoms with Crippen molar-refractivity contribution in [1.82, 2.24) is 14.8 Å². The summed E-state index contributed by atoms with van der Waals surface area (Å²) < 4.78 is 14.3. The maximum atomic E-state index is 13.5. The molecule has 2 saturated heterocycles. The van der Waals surface area contributed by atoms with Crippen molar-refractivity contribution in [2.45, 2.75) is 19.4 Å². The van der Waals surface area contributed by atoms with E-state index in [0.29, 0.717) is 5.91 Å². The first-order chi connectivity index (χ1) is 15.2. The van der Waals surface area contributed by atoms with Crippen molar-refractivity contribution >= 4 is 32.6 Å². The van der Waals surface area contributed by atoms with E-state index >= 15 is 0 Å². The number of halogens is 1. The summed E-state index contributed by atoms with van der Waals surface area (Å²) in [6.07, 6.45) is 1.71. The highest BCUT2D eigenvalue weighted by atomic mass is 32.1. The molecule has 0 unspecified atom stereocenters. The highest BCUT2D eigenvalue weighted by Gasteiger charge is 2.31. The first-order valence-corrected chi connectivity index (χ1v) is 11.8. The van der Waals surface area contributed by atoms with Gasteiger partial charge in [0.2, 0.25) is 5.91 Å². The molecular formula is C24H27FN4OS. The summed E-state index contributed by atoms with van der Waals surface area (Å²) in [6.45, 7) is 6.10. The Morgan fingerprint density at radius 1 is 1.00 bits per heavy atom. The van der Waals surface area contributed by atoms with Crippen molar-refractivity contribution in [2.24, 2.45) is 5.92 Å². The number of hydrogen-bond acceptors (Lipinski definition) is 5. The molecule has 162 valence electrons. The van der Waals surface area contributed by atoms with E-state index in [9.17, 15) is 9.18 Å². The lowest BCUT2D eigenvalue weighted by atomic mass is 9.95. The quantitative estimate of drug-likeness (QED) is 0.617. The Labute approximate surface area is 186 Å². The standard InChI is InChI=1S/C24H27FN4OS/c25-20-6-7-21-22(16-20)31-24(26-21)29-10-8-19(9-11-29)23(30)28-14-12-27(13-15-28)17-18-4-2-1-3-5-18/h1-7,16,19H,8-15,17H2. The Kier molecular flexibility index (Phi) is 5.87. The lowest BCUT2D eigenvalue weighted by Crippen LogP contribution is -2.51. The second-order valence-corrected chi connectivity index (χ2v) is 9.47. The van der Waals surface area contributed by atoms with Gasteiger partial charge in [0.1, 0.15) is 5.82 Å². The smallest absolute Gasteiger partial charge is 0.225 e. The van der Waals surface area contributed by atoms with Crippen LogP contribution in [-0.4, -0.2) is 60.0 Å². The fourth-order valence-electron chi connectivity index (χ4n) is 4.57. The largest absolute Gasteiger partial charge is 0.348 e. The Hall–Kier alpha value is -2.51. The summed E-state index contributed by atoms with van der Waals surface area (Å²) in [4.78, 5) is 24.5. The number of nitrogens with zero attached hydrogens (tertiary/aromatic N) is 4. The molecule has 3 heterocycles. The van der Waals surface area contributed by atoms with Crippen molar-refractivity contribution in [3.8, 4) is 0 Å². The van der Waals surface area contributed by atoms with Gasteiger partial charge in [0.25, 0.3) is 0 Å². The zero-order chi connectivity index (χ0) is 21.2. The molecule has 0 radical (unpaired) electrons. The van der Waals surface area contributed by atoms with Crippen LogP contribution in [0.5, 0.6) is 0 Å². The Balaban J connectivity index is 1.12. The number of amides is 1. The maximum absolute atomic E-state index is 13.5. The third-order valence-corrected chi connectivity index (χ3v) is 7.47. The van der Waals surface area contributed by atoms with Crippen molar-refractivity contribution in [2.75, 3.05) is 44.2 Å². The molecule has 0 atom stereocenters. The van der Waals surface area contributed by atoms with Crippen LogP contribution in [0.4, 0.5) is 9.52 Å². The van der Waals surface area contributed by atoms with Crippen LogP contribution < -0.4 is 4.90 Å². The maximum Gasteiger partial charge on any atom is 0.225 e.